The van der Waals surface area contributed by atoms with E-state index in [0.717, 1.165) is 31.5 Å². The zero-order valence-electron chi connectivity index (χ0n) is 14.5. The standard InChI is InChI=1S/C18H29N3O2S/c1-3-12(2)17(20-10-14-8-15(24)11-19-14)18(23)21-9-13-6-4-5-7-16(13)22/h4-7,12,14-15,17,19-20,22,24H,3,8-11H2,1-2H3,(H,21,23)/t12-,14+,15+,17-/m0/s1. The van der Waals surface area contributed by atoms with Gasteiger partial charge in [-0.15, -0.1) is 0 Å². The van der Waals surface area contributed by atoms with Crippen molar-refractivity contribution < 1.29 is 9.90 Å². The molecule has 0 saturated carbocycles. The van der Waals surface area contributed by atoms with E-state index in [1.54, 1.807) is 12.1 Å². The molecule has 1 aliphatic rings. The average Bonchev–Trinajstić information content (AvgIpc) is 2.99. The summed E-state index contributed by atoms with van der Waals surface area (Å²) in [7, 11) is 0. The summed E-state index contributed by atoms with van der Waals surface area (Å²) in [6.45, 7) is 6.19. The van der Waals surface area contributed by atoms with Crippen LogP contribution in [0, 0.1) is 5.92 Å². The van der Waals surface area contributed by atoms with Gasteiger partial charge in [-0.3, -0.25) is 4.79 Å². The summed E-state index contributed by atoms with van der Waals surface area (Å²) >= 11 is 4.49. The van der Waals surface area contributed by atoms with Gasteiger partial charge in [-0.05, 0) is 18.4 Å². The number of phenols is 1. The summed E-state index contributed by atoms with van der Waals surface area (Å²) in [4.78, 5) is 12.6. The highest BCUT2D eigenvalue weighted by molar-refractivity contribution is 7.81. The minimum atomic E-state index is -0.235. The first-order chi connectivity index (χ1) is 11.5. The fourth-order valence-electron chi connectivity index (χ4n) is 2.96. The first-order valence-electron chi connectivity index (χ1n) is 8.70. The molecule has 1 fully saturated rings. The molecular weight excluding hydrogens is 322 g/mol. The Hall–Kier alpha value is -1.24. The van der Waals surface area contributed by atoms with Gasteiger partial charge in [0.05, 0.1) is 6.04 Å². The molecule has 4 atom stereocenters. The first kappa shape index (κ1) is 19.1. The Labute approximate surface area is 150 Å². The molecule has 5 nitrogen and oxygen atoms in total. The number of carbonyl (C=O) groups excluding carboxylic acids is 1. The molecule has 0 radical (unpaired) electrons. The third-order valence-electron chi connectivity index (χ3n) is 4.72. The number of amides is 1. The van der Waals surface area contributed by atoms with E-state index in [4.69, 9.17) is 0 Å². The molecular formula is C18H29N3O2S. The van der Waals surface area contributed by atoms with Crippen molar-refractivity contribution in [1.29, 1.82) is 0 Å². The van der Waals surface area contributed by atoms with Gasteiger partial charge in [-0.25, -0.2) is 0 Å². The number of para-hydroxylation sites is 1. The zero-order valence-corrected chi connectivity index (χ0v) is 15.4. The molecule has 1 aromatic rings. The molecule has 0 unspecified atom stereocenters. The number of rotatable bonds is 8. The van der Waals surface area contributed by atoms with Crippen molar-refractivity contribution in [2.45, 2.75) is 50.6 Å². The molecule has 0 aromatic heterocycles. The van der Waals surface area contributed by atoms with Crippen LogP contribution in [0.15, 0.2) is 24.3 Å². The van der Waals surface area contributed by atoms with Crippen LogP contribution in [-0.4, -0.2) is 41.4 Å². The van der Waals surface area contributed by atoms with E-state index in [2.05, 4.69) is 42.4 Å². The summed E-state index contributed by atoms with van der Waals surface area (Å²) in [6.07, 6.45) is 1.94. The average molecular weight is 352 g/mol. The fourth-order valence-corrected chi connectivity index (χ4v) is 3.32. The van der Waals surface area contributed by atoms with Gasteiger partial charge in [0.25, 0.3) is 0 Å². The molecule has 2 rings (SSSR count). The molecule has 1 saturated heterocycles. The Balaban J connectivity index is 1.89. The zero-order chi connectivity index (χ0) is 17.5. The van der Waals surface area contributed by atoms with E-state index < -0.39 is 0 Å². The van der Waals surface area contributed by atoms with Gasteiger partial charge in [0.1, 0.15) is 5.75 Å². The van der Waals surface area contributed by atoms with Gasteiger partial charge in [-0.1, -0.05) is 38.5 Å². The van der Waals surface area contributed by atoms with Crippen molar-refractivity contribution in [3.05, 3.63) is 29.8 Å². The number of aromatic hydroxyl groups is 1. The number of thiol groups is 1. The Morgan fingerprint density at radius 2 is 2.21 bits per heavy atom. The van der Waals surface area contributed by atoms with Crippen LogP contribution < -0.4 is 16.0 Å². The minimum Gasteiger partial charge on any atom is -0.508 e. The molecule has 1 amide bonds. The molecule has 1 aliphatic heterocycles. The van der Waals surface area contributed by atoms with E-state index in [1.165, 1.54) is 0 Å². The Kier molecular flexibility index (Phi) is 7.40. The van der Waals surface area contributed by atoms with E-state index in [9.17, 15) is 9.90 Å². The normalized spacial score (nSPS) is 23.0. The van der Waals surface area contributed by atoms with Crippen molar-refractivity contribution >= 4 is 18.5 Å². The van der Waals surface area contributed by atoms with Crippen LogP contribution in [0.5, 0.6) is 5.75 Å². The Morgan fingerprint density at radius 1 is 1.46 bits per heavy atom. The van der Waals surface area contributed by atoms with E-state index >= 15 is 0 Å². The van der Waals surface area contributed by atoms with E-state index in [1.807, 2.05) is 12.1 Å². The van der Waals surface area contributed by atoms with Crippen molar-refractivity contribution in [1.82, 2.24) is 16.0 Å². The highest BCUT2D eigenvalue weighted by atomic mass is 32.1. The quantitative estimate of drug-likeness (QED) is 0.462. The van der Waals surface area contributed by atoms with Crippen LogP contribution in [0.3, 0.4) is 0 Å². The van der Waals surface area contributed by atoms with Gasteiger partial charge >= 0.3 is 0 Å². The van der Waals surface area contributed by atoms with Gasteiger partial charge in [0.2, 0.25) is 5.91 Å². The van der Waals surface area contributed by atoms with Crippen LogP contribution in [0.25, 0.3) is 0 Å². The highest BCUT2D eigenvalue weighted by Crippen LogP contribution is 2.16. The molecule has 6 heteroatoms. The SMILES string of the molecule is CC[C@H](C)[C@H](NC[C@H]1C[C@@H](S)CN1)C(=O)NCc1ccccc1O. The van der Waals surface area contributed by atoms with Crippen LogP contribution in [-0.2, 0) is 11.3 Å². The molecule has 0 aliphatic carbocycles. The molecule has 4 N–H and O–H groups in total. The monoisotopic (exact) mass is 351 g/mol. The Bertz CT molecular complexity index is 541. The summed E-state index contributed by atoms with van der Waals surface area (Å²) in [5, 5.41) is 20.0. The number of phenolic OH excluding ortho intramolecular Hbond substituents is 1. The number of hydrogen-bond acceptors (Lipinski definition) is 5. The van der Waals surface area contributed by atoms with Gasteiger partial charge < -0.3 is 21.1 Å². The smallest absolute Gasteiger partial charge is 0.237 e. The maximum absolute atomic E-state index is 12.6. The second-order valence-electron chi connectivity index (χ2n) is 6.61. The molecule has 24 heavy (non-hydrogen) atoms. The van der Waals surface area contributed by atoms with Crippen LogP contribution in [0.4, 0.5) is 0 Å². The maximum atomic E-state index is 12.6. The van der Waals surface area contributed by atoms with Gasteiger partial charge in [-0.2, -0.15) is 12.6 Å². The van der Waals surface area contributed by atoms with Crippen LogP contribution in [0.1, 0.15) is 32.3 Å². The van der Waals surface area contributed by atoms with Gasteiger partial charge in [0, 0.05) is 36.5 Å². The minimum absolute atomic E-state index is 0.0203. The second-order valence-corrected chi connectivity index (χ2v) is 7.34. The summed E-state index contributed by atoms with van der Waals surface area (Å²) in [6, 6.07) is 7.20. The first-order valence-corrected chi connectivity index (χ1v) is 9.22. The third-order valence-corrected chi connectivity index (χ3v) is 5.12. The highest BCUT2D eigenvalue weighted by Gasteiger charge is 2.27. The summed E-state index contributed by atoms with van der Waals surface area (Å²) in [5.74, 6) is 0.427. The lowest BCUT2D eigenvalue weighted by atomic mass is 9.97. The van der Waals surface area contributed by atoms with Crippen molar-refractivity contribution in [3.63, 3.8) is 0 Å². The van der Waals surface area contributed by atoms with Crippen LogP contribution in [0.2, 0.25) is 0 Å². The molecule has 0 bridgehead atoms. The molecule has 134 valence electrons. The predicted octanol–water partition coefficient (Wildman–Crippen LogP) is 1.67. The van der Waals surface area contributed by atoms with Gasteiger partial charge in [0.15, 0.2) is 0 Å². The predicted molar refractivity (Wildman–Crippen MR) is 100 cm³/mol. The number of benzene rings is 1. The van der Waals surface area contributed by atoms with Crippen molar-refractivity contribution in [3.8, 4) is 5.75 Å². The number of carbonyl (C=O) groups is 1. The lowest BCUT2D eigenvalue weighted by molar-refractivity contribution is -0.124. The third kappa shape index (κ3) is 5.40. The number of hydrogen-bond donors (Lipinski definition) is 5. The number of nitrogens with one attached hydrogen (secondary N) is 3. The van der Waals surface area contributed by atoms with E-state index in [-0.39, 0.29) is 23.6 Å². The summed E-state index contributed by atoms with van der Waals surface area (Å²) in [5.41, 5.74) is 0.726. The Morgan fingerprint density at radius 3 is 2.83 bits per heavy atom. The maximum Gasteiger partial charge on any atom is 0.237 e. The van der Waals surface area contributed by atoms with Crippen LogP contribution >= 0.6 is 12.6 Å². The fraction of sp³-hybridized carbons (Fsp3) is 0.611. The largest absolute Gasteiger partial charge is 0.508 e. The summed E-state index contributed by atoms with van der Waals surface area (Å²) < 4.78 is 0. The van der Waals surface area contributed by atoms with E-state index in [0.29, 0.717) is 17.8 Å². The molecule has 1 heterocycles. The lowest BCUT2D eigenvalue weighted by Gasteiger charge is -2.25. The topological polar surface area (TPSA) is 73.4 Å². The second kappa shape index (κ2) is 9.30. The molecule has 1 aromatic carbocycles. The lowest BCUT2D eigenvalue weighted by Crippen LogP contribution is -2.50. The van der Waals surface area contributed by atoms with Crippen molar-refractivity contribution in [2.75, 3.05) is 13.1 Å². The van der Waals surface area contributed by atoms with Crippen molar-refractivity contribution in [2.24, 2.45) is 5.92 Å². The molecule has 0 spiro atoms.